The molecule has 0 amide bonds. The molecular formula is C14H26N2S. The quantitative estimate of drug-likeness (QED) is 0.754. The van der Waals surface area contributed by atoms with Gasteiger partial charge in [-0.15, -0.1) is 0 Å². The first-order chi connectivity index (χ1) is 8.06. The molecule has 0 saturated heterocycles. The molecule has 98 valence electrons. The molecule has 2 bridgehead atoms. The van der Waals surface area contributed by atoms with E-state index in [1.165, 1.54) is 25.7 Å². The molecule has 0 aromatic carbocycles. The molecule has 0 radical (unpaired) electrons. The lowest BCUT2D eigenvalue weighted by Crippen LogP contribution is -2.45. The Hall–Kier alpha value is -0.310. The van der Waals surface area contributed by atoms with Gasteiger partial charge in [-0.05, 0) is 62.1 Å². The second-order valence-corrected chi connectivity index (χ2v) is 6.78. The van der Waals surface area contributed by atoms with E-state index in [9.17, 15) is 0 Å². The highest BCUT2D eigenvalue weighted by atomic mass is 32.1. The molecule has 2 nitrogen and oxygen atoms in total. The summed E-state index contributed by atoms with van der Waals surface area (Å²) in [5, 5.41) is 7.62. The van der Waals surface area contributed by atoms with Crippen molar-refractivity contribution in [3.05, 3.63) is 0 Å². The van der Waals surface area contributed by atoms with E-state index in [0.29, 0.717) is 12.0 Å². The van der Waals surface area contributed by atoms with Gasteiger partial charge in [0.15, 0.2) is 5.11 Å². The fourth-order valence-corrected chi connectivity index (χ4v) is 3.84. The standard InChI is InChI=1S/C14H26N2S/c1-9(2)8-15-14(17)16-10(3)13-7-11-4-5-12(13)6-11/h9-13H,4-8H2,1-3H3,(H2,15,16,17). The number of rotatable bonds is 4. The van der Waals surface area contributed by atoms with Crippen LogP contribution >= 0.6 is 12.2 Å². The lowest BCUT2D eigenvalue weighted by Gasteiger charge is -2.29. The molecule has 2 N–H and O–H groups in total. The predicted molar refractivity (Wildman–Crippen MR) is 77.0 cm³/mol. The Kier molecular flexibility index (Phi) is 4.29. The summed E-state index contributed by atoms with van der Waals surface area (Å²) in [5.41, 5.74) is 0. The molecule has 17 heavy (non-hydrogen) atoms. The van der Waals surface area contributed by atoms with Gasteiger partial charge in [0.05, 0.1) is 0 Å². The fourth-order valence-electron chi connectivity index (χ4n) is 3.57. The summed E-state index contributed by atoms with van der Waals surface area (Å²) in [6, 6.07) is 0.539. The molecule has 4 atom stereocenters. The number of hydrogen-bond acceptors (Lipinski definition) is 1. The van der Waals surface area contributed by atoms with E-state index >= 15 is 0 Å². The lowest BCUT2D eigenvalue weighted by atomic mass is 9.84. The Morgan fingerprint density at radius 3 is 2.53 bits per heavy atom. The summed E-state index contributed by atoms with van der Waals surface area (Å²) in [4.78, 5) is 0. The van der Waals surface area contributed by atoms with Crippen LogP contribution in [-0.2, 0) is 0 Å². The normalized spacial score (nSPS) is 32.8. The van der Waals surface area contributed by atoms with Crippen molar-refractivity contribution in [3.63, 3.8) is 0 Å². The summed E-state index contributed by atoms with van der Waals surface area (Å²) in [6.07, 6.45) is 5.83. The maximum absolute atomic E-state index is 5.35. The van der Waals surface area contributed by atoms with Crippen LogP contribution in [0.25, 0.3) is 0 Å². The topological polar surface area (TPSA) is 24.1 Å². The van der Waals surface area contributed by atoms with E-state index in [1.54, 1.807) is 0 Å². The van der Waals surface area contributed by atoms with Gasteiger partial charge in [-0.1, -0.05) is 20.3 Å². The van der Waals surface area contributed by atoms with Crippen molar-refractivity contribution >= 4 is 17.3 Å². The maximum atomic E-state index is 5.35. The zero-order chi connectivity index (χ0) is 12.4. The SMILES string of the molecule is CC(C)CNC(=S)NC(C)C1CC2CCC1C2. The van der Waals surface area contributed by atoms with Crippen molar-refractivity contribution in [2.24, 2.45) is 23.7 Å². The van der Waals surface area contributed by atoms with E-state index in [0.717, 1.165) is 29.4 Å². The molecule has 4 unspecified atom stereocenters. The molecule has 2 aliphatic rings. The molecule has 2 saturated carbocycles. The van der Waals surface area contributed by atoms with Gasteiger partial charge in [0.1, 0.15) is 0 Å². The molecule has 0 aliphatic heterocycles. The van der Waals surface area contributed by atoms with Crippen LogP contribution in [0.4, 0.5) is 0 Å². The Labute approximate surface area is 111 Å². The van der Waals surface area contributed by atoms with Crippen molar-refractivity contribution < 1.29 is 0 Å². The van der Waals surface area contributed by atoms with E-state index < -0.39 is 0 Å². The smallest absolute Gasteiger partial charge is 0.166 e. The minimum absolute atomic E-state index is 0.539. The first-order valence-electron chi connectivity index (χ1n) is 7.10. The van der Waals surface area contributed by atoms with Crippen LogP contribution in [0.15, 0.2) is 0 Å². The minimum Gasteiger partial charge on any atom is -0.362 e. The summed E-state index contributed by atoms with van der Waals surface area (Å²) < 4.78 is 0. The molecule has 2 aliphatic carbocycles. The van der Waals surface area contributed by atoms with E-state index in [4.69, 9.17) is 12.2 Å². The molecule has 0 aromatic rings. The molecular weight excluding hydrogens is 228 g/mol. The van der Waals surface area contributed by atoms with Crippen LogP contribution in [0.5, 0.6) is 0 Å². The van der Waals surface area contributed by atoms with Crippen LogP contribution in [0.2, 0.25) is 0 Å². The van der Waals surface area contributed by atoms with Crippen LogP contribution in [0.1, 0.15) is 46.5 Å². The Bertz CT molecular complexity index is 277. The third-order valence-corrected chi connectivity index (χ3v) is 4.73. The van der Waals surface area contributed by atoms with Crippen molar-refractivity contribution in [1.82, 2.24) is 10.6 Å². The van der Waals surface area contributed by atoms with Gasteiger partial charge in [0.25, 0.3) is 0 Å². The van der Waals surface area contributed by atoms with E-state index in [-0.39, 0.29) is 0 Å². The number of fused-ring (bicyclic) bond motifs is 2. The van der Waals surface area contributed by atoms with E-state index in [1.807, 2.05) is 0 Å². The Balaban J connectivity index is 1.73. The van der Waals surface area contributed by atoms with Crippen molar-refractivity contribution in [2.45, 2.75) is 52.5 Å². The van der Waals surface area contributed by atoms with Gasteiger partial charge >= 0.3 is 0 Å². The van der Waals surface area contributed by atoms with Crippen LogP contribution in [0, 0.1) is 23.7 Å². The van der Waals surface area contributed by atoms with Gasteiger partial charge in [-0.3, -0.25) is 0 Å². The predicted octanol–water partition coefficient (Wildman–Crippen LogP) is 2.93. The minimum atomic E-state index is 0.539. The maximum Gasteiger partial charge on any atom is 0.166 e. The zero-order valence-corrected chi connectivity index (χ0v) is 12.1. The van der Waals surface area contributed by atoms with Gasteiger partial charge in [0.2, 0.25) is 0 Å². The molecule has 2 fully saturated rings. The fraction of sp³-hybridized carbons (Fsp3) is 0.929. The zero-order valence-electron chi connectivity index (χ0n) is 11.3. The monoisotopic (exact) mass is 254 g/mol. The van der Waals surface area contributed by atoms with Crippen molar-refractivity contribution in [1.29, 1.82) is 0 Å². The largest absolute Gasteiger partial charge is 0.362 e. The Morgan fingerprint density at radius 2 is 2.00 bits per heavy atom. The molecule has 0 heterocycles. The Morgan fingerprint density at radius 1 is 1.24 bits per heavy atom. The average Bonchev–Trinajstić information content (AvgIpc) is 2.87. The highest BCUT2D eigenvalue weighted by Crippen LogP contribution is 2.49. The number of hydrogen-bond donors (Lipinski definition) is 2. The van der Waals surface area contributed by atoms with Crippen LogP contribution in [0.3, 0.4) is 0 Å². The lowest BCUT2D eigenvalue weighted by molar-refractivity contribution is 0.278. The van der Waals surface area contributed by atoms with Crippen molar-refractivity contribution in [2.75, 3.05) is 6.54 Å². The first kappa shape index (κ1) is 13.1. The van der Waals surface area contributed by atoms with Crippen LogP contribution in [-0.4, -0.2) is 17.7 Å². The van der Waals surface area contributed by atoms with Gasteiger partial charge in [-0.2, -0.15) is 0 Å². The van der Waals surface area contributed by atoms with Crippen LogP contribution < -0.4 is 10.6 Å². The second kappa shape index (κ2) is 5.55. The van der Waals surface area contributed by atoms with Gasteiger partial charge in [-0.25, -0.2) is 0 Å². The molecule has 0 aromatic heterocycles. The molecule has 3 heteroatoms. The third-order valence-electron chi connectivity index (χ3n) is 4.46. The first-order valence-corrected chi connectivity index (χ1v) is 7.51. The summed E-state index contributed by atoms with van der Waals surface area (Å²) in [6.45, 7) is 7.67. The third kappa shape index (κ3) is 3.34. The highest BCUT2D eigenvalue weighted by Gasteiger charge is 2.41. The molecule has 2 rings (SSSR count). The summed E-state index contributed by atoms with van der Waals surface area (Å²) in [5.74, 6) is 3.49. The van der Waals surface area contributed by atoms with Gasteiger partial charge in [0, 0.05) is 12.6 Å². The average molecular weight is 254 g/mol. The second-order valence-electron chi connectivity index (χ2n) is 6.38. The highest BCUT2D eigenvalue weighted by molar-refractivity contribution is 7.80. The summed E-state index contributed by atoms with van der Waals surface area (Å²) >= 11 is 5.35. The van der Waals surface area contributed by atoms with Crippen molar-refractivity contribution in [3.8, 4) is 0 Å². The number of nitrogens with one attached hydrogen (secondary N) is 2. The number of thiocarbonyl (C=S) groups is 1. The summed E-state index contributed by atoms with van der Waals surface area (Å²) in [7, 11) is 0. The van der Waals surface area contributed by atoms with E-state index in [2.05, 4.69) is 31.4 Å². The van der Waals surface area contributed by atoms with Gasteiger partial charge < -0.3 is 10.6 Å². The molecule has 0 spiro atoms.